The first-order valence-electron chi connectivity index (χ1n) is 5.36. The fraction of sp³-hybridized carbons (Fsp3) is 0.167. The fourth-order valence-corrected chi connectivity index (χ4v) is 2.38. The maximum Gasteiger partial charge on any atom is 0.573 e. The minimum absolute atomic E-state index is 0.132. The summed E-state index contributed by atoms with van der Waals surface area (Å²) in [5.74, 6) is -1.28. The number of rotatable bonds is 4. The van der Waals surface area contributed by atoms with Gasteiger partial charge in [-0.15, -0.1) is 24.5 Å². The van der Waals surface area contributed by atoms with Crippen molar-refractivity contribution in [2.75, 3.05) is 0 Å². The molecule has 0 spiro atoms. The van der Waals surface area contributed by atoms with Crippen molar-refractivity contribution in [2.24, 2.45) is 0 Å². The van der Waals surface area contributed by atoms with Gasteiger partial charge in [-0.2, -0.15) is 0 Å². The zero-order valence-electron chi connectivity index (χ0n) is 9.85. The Morgan fingerprint density at radius 3 is 2.50 bits per heavy atom. The van der Waals surface area contributed by atoms with E-state index in [-0.39, 0.29) is 12.2 Å². The number of carbonyl (C=O) groups is 1. The average molecular weight is 303 g/mol. The van der Waals surface area contributed by atoms with Crippen molar-refractivity contribution >= 4 is 17.3 Å². The highest BCUT2D eigenvalue weighted by atomic mass is 32.1. The van der Waals surface area contributed by atoms with Gasteiger partial charge < -0.3 is 9.84 Å². The summed E-state index contributed by atoms with van der Waals surface area (Å²) in [6, 6.07) is 5.23. The zero-order valence-corrected chi connectivity index (χ0v) is 10.7. The molecule has 1 aromatic carbocycles. The molecular weight excluding hydrogens is 295 g/mol. The number of aliphatic carboxylic acids is 1. The molecule has 0 aliphatic carbocycles. The fourth-order valence-electron chi connectivity index (χ4n) is 1.47. The van der Waals surface area contributed by atoms with Crippen LogP contribution in [0, 0.1) is 0 Å². The molecule has 0 saturated carbocycles. The summed E-state index contributed by atoms with van der Waals surface area (Å²) in [6.45, 7) is 0. The Morgan fingerprint density at radius 2 is 1.95 bits per heavy atom. The smallest absolute Gasteiger partial charge is 0.481 e. The second kappa shape index (κ2) is 5.49. The molecule has 0 atom stereocenters. The molecule has 8 heteroatoms. The highest BCUT2D eigenvalue weighted by Crippen LogP contribution is 2.29. The summed E-state index contributed by atoms with van der Waals surface area (Å²) in [5, 5.41) is 9.19. The van der Waals surface area contributed by atoms with Crippen molar-refractivity contribution in [3.05, 3.63) is 35.3 Å². The van der Waals surface area contributed by atoms with Crippen LogP contribution in [0.1, 0.15) is 4.88 Å². The molecule has 1 N–H and O–H groups in total. The average Bonchev–Trinajstić information content (AvgIpc) is 2.75. The van der Waals surface area contributed by atoms with Gasteiger partial charge in [-0.05, 0) is 24.3 Å². The number of aromatic nitrogens is 1. The van der Waals surface area contributed by atoms with Gasteiger partial charge in [0.2, 0.25) is 0 Å². The van der Waals surface area contributed by atoms with E-state index in [1.165, 1.54) is 41.8 Å². The van der Waals surface area contributed by atoms with Gasteiger partial charge in [0.05, 0.1) is 6.42 Å². The van der Waals surface area contributed by atoms with Gasteiger partial charge >= 0.3 is 12.3 Å². The molecule has 0 fully saturated rings. The molecule has 0 amide bonds. The molecule has 2 rings (SSSR count). The number of alkyl halides is 3. The van der Waals surface area contributed by atoms with Crippen LogP contribution in [0.3, 0.4) is 0 Å². The summed E-state index contributed by atoms with van der Waals surface area (Å²) in [5.41, 5.74) is 0.598. The summed E-state index contributed by atoms with van der Waals surface area (Å²) in [6.07, 6.45) is -3.42. The van der Waals surface area contributed by atoms with Gasteiger partial charge in [-0.25, -0.2) is 4.98 Å². The van der Waals surface area contributed by atoms with Crippen LogP contribution >= 0.6 is 11.3 Å². The maximum absolute atomic E-state index is 12.0. The van der Waals surface area contributed by atoms with Crippen molar-refractivity contribution < 1.29 is 27.8 Å². The van der Waals surface area contributed by atoms with Gasteiger partial charge in [0.25, 0.3) is 0 Å². The van der Waals surface area contributed by atoms with E-state index < -0.39 is 12.3 Å². The quantitative estimate of drug-likeness (QED) is 0.941. The zero-order chi connectivity index (χ0) is 14.8. The summed E-state index contributed by atoms with van der Waals surface area (Å²) in [7, 11) is 0. The normalized spacial score (nSPS) is 11.3. The molecule has 1 heterocycles. The summed E-state index contributed by atoms with van der Waals surface area (Å²) in [4.78, 5) is 15.2. The van der Waals surface area contributed by atoms with Crippen LogP contribution in [0.4, 0.5) is 13.2 Å². The maximum atomic E-state index is 12.0. The van der Waals surface area contributed by atoms with Crippen LogP contribution in [0.15, 0.2) is 30.5 Å². The van der Waals surface area contributed by atoms with Crippen molar-refractivity contribution in [2.45, 2.75) is 12.8 Å². The summed E-state index contributed by atoms with van der Waals surface area (Å²) >= 11 is 1.18. The molecule has 0 aliphatic heterocycles. The SMILES string of the molecule is O=C(O)Cc1cnc(-c2ccc(OC(F)(F)F)cc2)s1. The topological polar surface area (TPSA) is 59.4 Å². The second-order valence-electron chi connectivity index (χ2n) is 3.77. The highest BCUT2D eigenvalue weighted by Gasteiger charge is 2.30. The standard InChI is InChI=1S/C12H8F3NO3S/c13-12(14,15)19-8-3-1-7(2-4-8)11-16-6-9(20-11)5-10(17)18/h1-4,6H,5H2,(H,17,18). The number of carboxylic acid groups (broad SMARTS) is 1. The molecule has 1 aromatic heterocycles. The van der Waals surface area contributed by atoms with Crippen LogP contribution in [-0.2, 0) is 11.2 Å². The predicted octanol–water partition coefficient (Wildman–Crippen LogP) is 3.34. The molecule has 106 valence electrons. The predicted molar refractivity (Wildman–Crippen MR) is 65.6 cm³/mol. The van der Waals surface area contributed by atoms with Gasteiger partial charge in [0.15, 0.2) is 0 Å². The summed E-state index contributed by atoms with van der Waals surface area (Å²) < 4.78 is 39.8. The van der Waals surface area contributed by atoms with Gasteiger partial charge in [0, 0.05) is 16.6 Å². The van der Waals surface area contributed by atoms with E-state index in [1.54, 1.807) is 0 Å². The van der Waals surface area contributed by atoms with E-state index in [0.29, 0.717) is 15.4 Å². The Balaban J connectivity index is 2.13. The third-order valence-corrected chi connectivity index (χ3v) is 3.26. The number of ether oxygens (including phenoxy) is 1. The van der Waals surface area contributed by atoms with Crippen molar-refractivity contribution in [3.8, 4) is 16.3 Å². The Morgan fingerprint density at radius 1 is 1.30 bits per heavy atom. The largest absolute Gasteiger partial charge is 0.573 e. The third kappa shape index (κ3) is 3.95. The van der Waals surface area contributed by atoms with E-state index in [0.717, 1.165) is 0 Å². The minimum atomic E-state index is -4.72. The number of thiazole rings is 1. The van der Waals surface area contributed by atoms with Crippen LogP contribution in [0.25, 0.3) is 10.6 Å². The Labute approximate surface area is 115 Å². The van der Waals surface area contributed by atoms with E-state index in [2.05, 4.69) is 9.72 Å². The van der Waals surface area contributed by atoms with E-state index >= 15 is 0 Å². The second-order valence-corrected chi connectivity index (χ2v) is 4.89. The highest BCUT2D eigenvalue weighted by molar-refractivity contribution is 7.15. The molecule has 20 heavy (non-hydrogen) atoms. The van der Waals surface area contributed by atoms with E-state index in [4.69, 9.17) is 5.11 Å². The first-order valence-corrected chi connectivity index (χ1v) is 6.18. The molecule has 0 bridgehead atoms. The lowest BCUT2D eigenvalue weighted by Gasteiger charge is -2.08. The van der Waals surface area contributed by atoms with E-state index in [1.807, 2.05) is 0 Å². The number of hydrogen-bond acceptors (Lipinski definition) is 4. The Kier molecular flexibility index (Phi) is 3.93. The first-order chi connectivity index (χ1) is 9.33. The minimum Gasteiger partial charge on any atom is -0.481 e. The molecule has 0 radical (unpaired) electrons. The number of carboxylic acids is 1. The lowest BCUT2D eigenvalue weighted by atomic mass is 10.2. The molecule has 4 nitrogen and oxygen atoms in total. The first kappa shape index (κ1) is 14.3. The van der Waals surface area contributed by atoms with Crippen LogP contribution in [0.5, 0.6) is 5.75 Å². The van der Waals surface area contributed by atoms with Crippen LogP contribution < -0.4 is 4.74 Å². The number of hydrogen-bond donors (Lipinski definition) is 1. The van der Waals surface area contributed by atoms with Gasteiger partial charge in [-0.3, -0.25) is 4.79 Å². The monoisotopic (exact) mass is 303 g/mol. The molecule has 0 saturated heterocycles. The molecule has 0 aliphatic rings. The molecule has 0 unspecified atom stereocenters. The number of nitrogens with zero attached hydrogens (tertiary/aromatic N) is 1. The third-order valence-electron chi connectivity index (χ3n) is 2.21. The van der Waals surface area contributed by atoms with Crippen molar-refractivity contribution in [1.82, 2.24) is 4.98 Å². The van der Waals surface area contributed by atoms with Crippen molar-refractivity contribution in [3.63, 3.8) is 0 Å². The number of halogens is 3. The van der Waals surface area contributed by atoms with E-state index in [9.17, 15) is 18.0 Å². The van der Waals surface area contributed by atoms with Crippen LogP contribution in [0.2, 0.25) is 0 Å². The lowest BCUT2D eigenvalue weighted by Crippen LogP contribution is -2.16. The molecular formula is C12H8F3NO3S. The Hall–Kier alpha value is -2.09. The lowest BCUT2D eigenvalue weighted by molar-refractivity contribution is -0.274. The van der Waals surface area contributed by atoms with Gasteiger partial charge in [-0.1, -0.05) is 0 Å². The Bertz CT molecular complexity index is 607. The van der Waals surface area contributed by atoms with Crippen LogP contribution in [-0.4, -0.2) is 22.4 Å². The molecule has 2 aromatic rings. The van der Waals surface area contributed by atoms with Crippen molar-refractivity contribution in [1.29, 1.82) is 0 Å². The van der Waals surface area contributed by atoms with Gasteiger partial charge in [0.1, 0.15) is 10.8 Å². The number of benzene rings is 1.